The summed E-state index contributed by atoms with van der Waals surface area (Å²) in [4.78, 5) is 4.23. The van der Waals surface area contributed by atoms with Crippen LogP contribution in [0.15, 0.2) is 35.3 Å². The fraction of sp³-hybridized carbons (Fsp3) is 0.462. The first-order valence-electron chi connectivity index (χ1n) is 5.84. The highest BCUT2D eigenvalue weighted by atomic mass is 127. The molecule has 2 rings (SSSR count). The quantitative estimate of drug-likeness (QED) is 0.502. The summed E-state index contributed by atoms with van der Waals surface area (Å²) >= 11 is 0. The van der Waals surface area contributed by atoms with Crippen LogP contribution in [0.1, 0.15) is 31.4 Å². The molecule has 17 heavy (non-hydrogen) atoms. The number of guanidine groups is 1. The van der Waals surface area contributed by atoms with Crippen LogP contribution in [-0.2, 0) is 0 Å². The number of benzene rings is 1. The van der Waals surface area contributed by atoms with Crippen molar-refractivity contribution < 1.29 is 0 Å². The summed E-state index contributed by atoms with van der Waals surface area (Å²) in [6, 6.07) is 11.3. The number of hydrogen-bond acceptors (Lipinski definition) is 1. The van der Waals surface area contributed by atoms with Crippen LogP contribution in [0.25, 0.3) is 0 Å². The van der Waals surface area contributed by atoms with Crippen LogP contribution in [-0.4, -0.2) is 19.0 Å². The van der Waals surface area contributed by atoms with Crippen molar-refractivity contribution in [3.8, 4) is 0 Å². The molecular weight excluding hydrogens is 325 g/mol. The number of nitrogens with one attached hydrogen (secondary N) is 2. The molecule has 0 radical (unpaired) electrons. The van der Waals surface area contributed by atoms with Gasteiger partial charge in [-0.3, -0.25) is 4.99 Å². The minimum absolute atomic E-state index is 0. The van der Waals surface area contributed by atoms with Gasteiger partial charge in [0.25, 0.3) is 0 Å². The molecule has 0 bridgehead atoms. The van der Waals surface area contributed by atoms with Gasteiger partial charge in [-0.15, -0.1) is 24.0 Å². The number of aliphatic imine (C=N–C) groups is 1. The molecule has 94 valence electrons. The maximum Gasteiger partial charge on any atom is 0.191 e. The van der Waals surface area contributed by atoms with E-state index in [9.17, 15) is 0 Å². The number of rotatable bonds is 3. The predicted molar refractivity (Wildman–Crippen MR) is 82.9 cm³/mol. The van der Waals surface area contributed by atoms with Gasteiger partial charge in [0.2, 0.25) is 0 Å². The molecule has 1 aliphatic rings. The standard InChI is InChI=1S/C13H19N3.HI/c1-10(11-6-4-3-5-7-11)15-13(14-2)16-12-8-9-12;/h3-7,10,12H,8-9H2,1-2H3,(H2,14,15,16);1H. The molecule has 0 heterocycles. The molecule has 2 N–H and O–H groups in total. The normalized spacial score (nSPS) is 16.9. The van der Waals surface area contributed by atoms with Gasteiger partial charge in [0, 0.05) is 13.1 Å². The third kappa shape index (κ3) is 4.53. The minimum atomic E-state index is 0. The van der Waals surface area contributed by atoms with Gasteiger partial charge in [-0.25, -0.2) is 0 Å². The Hall–Kier alpha value is -0.780. The molecular formula is C13H20IN3. The van der Waals surface area contributed by atoms with Gasteiger partial charge < -0.3 is 10.6 Å². The number of nitrogens with zero attached hydrogens (tertiary/aromatic N) is 1. The molecule has 4 heteroatoms. The van der Waals surface area contributed by atoms with Gasteiger partial charge >= 0.3 is 0 Å². The summed E-state index contributed by atoms with van der Waals surface area (Å²) in [5, 5.41) is 6.77. The number of hydrogen-bond donors (Lipinski definition) is 2. The molecule has 1 aromatic rings. The lowest BCUT2D eigenvalue weighted by Gasteiger charge is -2.17. The van der Waals surface area contributed by atoms with Gasteiger partial charge in [0.1, 0.15) is 0 Å². The van der Waals surface area contributed by atoms with Crippen LogP contribution in [0, 0.1) is 0 Å². The van der Waals surface area contributed by atoms with Crippen LogP contribution >= 0.6 is 24.0 Å². The largest absolute Gasteiger partial charge is 0.354 e. The highest BCUT2D eigenvalue weighted by Crippen LogP contribution is 2.18. The SMILES string of the molecule is CN=C(NC1CC1)NC(C)c1ccccc1.I. The van der Waals surface area contributed by atoms with Crippen molar-refractivity contribution in [1.82, 2.24) is 10.6 Å². The Labute approximate surface area is 120 Å². The van der Waals surface area contributed by atoms with Crippen LogP contribution in [0.3, 0.4) is 0 Å². The van der Waals surface area contributed by atoms with Crippen molar-refractivity contribution in [1.29, 1.82) is 0 Å². The van der Waals surface area contributed by atoms with Crippen LogP contribution in [0.4, 0.5) is 0 Å². The highest BCUT2D eigenvalue weighted by Gasteiger charge is 2.22. The lowest BCUT2D eigenvalue weighted by molar-refractivity contribution is 0.684. The zero-order valence-electron chi connectivity index (χ0n) is 10.3. The van der Waals surface area contributed by atoms with Crippen molar-refractivity contribution in [2.75, 3.05) is 7.05 Å². The second-order valence-corrected chi connectivity index (χ2v) is 4.27. The Morgan fingerprint density at radius 2 is 1.94 bits per heavy atom. The summed E-state index contributed by atoms with van der Waals surface area (Å²) in [7, 11) is 1.81. The molecule has 0 amide bonds. The molecule has 1 fully saturated rings. The minimum Gasteiger partial charge on any atom is -0.354 e. The van der Waals surface area contributed by atoms with Crippen molar-refractivity contribution in [2.45, 2.75) is 31.8 Å². The fourth-order valence-corrected chi connectivity index (χ4v) is 1.62. The molecule has 1 aliphatic carbocycles. The van der Waals surface area contributed by atoms with E-state index in [-0.39, 0.29) is 30.0 Å². The maximum atomic E-state index is 4.23. The summed E-state index contributed by atoms with van der Waals surface area (Å²) in [5.41, 5.74) is 1.28. The van der Waals surface area contributed by atoms with E-state index in [2.05, 4.69) is 46.8 Å². The monoisotopic (exact) mass is 345 g/mol. The Morgan fingerprint density at radius 3 is 2.47 bits per heavy atom. The van der Waals surface area contributed by atoms with Crippen molar-refractivity contribution in [3.63, 3.8) is 0 Å². The molecule has 1 unspecified atom stereocenters. The van der Waals surface area contributed by atoms with Gasteiger partial charge in [0.15, 0.2) is 5.96 Å². The highest BCUT2D eigenvalue weighted by molar-refractivity contribution is 14.0. The molecule has 0 spiro atoms. The van der Waals surface area contributed by atoms with Gasteiger partial charge in [0.05, 0.1) is 6.04 Å². The summed E-state index contributed by atoms with van der Waals surface area (Å²) in [6.45, 7) is 2.15. The summed E-state index contributed by atoms with van der Waals surface area (Å²) < 4.78 is 0. The van der Waals surface area contributed by atoms with E-state index < -0.39 is 0 Å². The second kappa shape index (κ2) is 6.83. The maximum absolute atomic E-state index is 4.23. The third-order valence-electron chi connectivity index (χ3n) is 2.79. The molecule has 0 aromatic heterocycles. The first kappa shape index (κ1) is 14.3. The smallest absolute Gasteiger partial charge is 0.191 e. The van der Waals surface area contributed by atoms with E-state index >= 15 is 0 Å². The molecule has 3 nitrogen and oxygen atoms in total. The van der Waals surface area contributed by atoms with E-state index in [4.69, 9.17) is 0 Å². The van der Waals surface area contributed by atoms with Crippen LogP contribution < -0.4 is 10.6 Å². The van der Waals surface area contributed by atoms with Gasteiger partial charge in [-0.2, -0.15) is 0 Å². The van der Waals surface area contributed by atoms with Gasteiger partial charge in [-0.05, 0) is 25.3 Å². The number of halogens is 1. The molecule has 0 aliphatic heterocycles. The van der Waals surface area contributed by atoms with Gasteiger partial charge in [-0.1, -0.05) is 30.3 Å². The topological polar surface area (TPSA) is 36.4 Å². The summed E-state index contributed by atoms with van der Waals surface area (Å²) in [6.07, 6.45) is 2.53. The van der Waals surface area contributed by atoms with E-state index in [0.717, 1.165) is 5.96 Å². The fourth-order valence-electron chi connectivity index (χ4n) is 1.62. The lowest BCUT2D eigenvalue weighted by Crippen LogP contribution is -2.39. The average Bonchev–Trinajstić information content (AvgIpc) is 3.13. The summed E-state index contributed by atoms with van der Waals surface area (Å²) in [5.74, 6) is 0.902. The first-order chi connectivity index (χ1) is 7.79. The van der Waals surface area contributed by atoms with E-state index in [1.165, 1.54) is 18.4 Å². The van der Waals surface area contributed by atoms with Crippen LogP contribution in [0.5, 0.6) is 0 Å². The van der Waals surface area contributed by atoms with Crippen molar-refractivity contribution in [3.05, 3.63) is 35.9 Å². The molecule has 1 atom stereocenters. The van der Waals surface area contributed by atoms with Crippen LogP contribution in [0.2, 0.25) is 0 Å². The Balaban J connectivity index is 0.00000144. The molecule has 1 aromatic carbocycles. The Bertz CT molecular complexity index is 360. The Kier molecular flexibility index (Phi) is 5.74. The Morgan fingerprint density at radius 1 is 1.29 bits per heavy atom. The second-order valence-electron chi connectivity index (χ2n) is 4.27. The molecule has 1 saturated carbocycles. The average molecular weight is 345 g/mol. The third-order valence-corrected chi connectivity index (χ3v) is 2.79. The van der Waals surface area contributed by atoms with Crippen molar-refractivity contribution in [2.24, 2.45) is 4.99 Å². The van der Waals surface area contributed by atoms with Crippen molar-refractivity contribution >= 4 is 29.9 Å². The zero-order valence-corrected chi connectivity index (χ0v) is 12.6. The van der Waals surface area contributed by atoms with E-state index in [1.54, 1.807) is 0 Å². The zero-order chi connectivity index (χ0) is 11.4. The predicted octanol–water partition coefficient (Wildman–Crippen LogP) is 2.69. The van der Waals surface area contributed by atoms with E-state index in [1.807, 2.05) is 13.1 Å². The first-order valence-corrected chi connectivity index (χ1v) is 5.84. The lowest BCUT2D eigenvalue weighted by atomic mass is 10.1. The van der Waals surface area contributed by atoms with E-state index in [0.29, 0.717) is 6.04 Å². The molecule has 0 saturated heterocycles.